The van der Waals surface area contributed by atoms with Crippen molar-refractivity contribution in [3.05, 3.63) is 59.1 Å². The third-order valence-corrected chi connectivity index (χ3v) is 3.49. The third kappa shape index (κ3) is 3.19. The molecule has 2 rings (SSSR count). The summed E-state index contributed by atoms with van der Waals surface area (Å²) in [4.78, 5) is 1.19. The first-order valence-electron chi connectivity index (χ1n) is 4.97. The summed E-state index contributed by atoms with van der Waals surface area (Å²) < 4.78 is 0. The van der Waals surface area contributed by atoms with Gasteiger partial charge in [-0.05, 0) is 35.9 Å². The van der Waals surface area contributed by atoms with Gasteiger partial charge in [0.25, 0.3) is 0 Å². The number of halogens is 1. The van der Waals surface area contributed by atoms with E-state index in [4.69, 9.17) is 17.3 Å². The van der Waals surface area contributed by atoms with E-state index in [9.17, 15) is 0 Å². The summed E-state index contributed by atoms with van der Waals surface area (Å²) >= 11 is 7.60. The van der Waals surface area contributed by atoms with Crippen LogP contribution in [0.3, 0.4) is 0 Å². The molecule has 0 unspecified atom stereocenters. The highest BCUT2D eigenvalue weighted by atomic mass is 35.5. The zero-order valence-corrected chi connectivity index (χ0v) is 10.3. The van der Waals surface area contributed by atoms with Gasteiger partial charge in [-0.3, -0.25) is 0 Å². The fourth-order valence-electron chi connectivity index (χ4n) is 1.35. The summed E-state index contributed by atoms with van der Waals surface area (Å²) in [5, 5.41) is 0.776. The molecule has 0 aliphatic rings. The van der Waals surface area contributed by atoms with E-state index < -0.39 is 0 Å². The largest absolute Gasteiger partial charge is 0.399 e. The summed E-state index contributed by atoms with van der Waals surface area (Å²) in [6, 6.07) is 15.8. The summed E-state index contributed by atoms with van der Waals surface area (Å²) in [5.74, 6) is 0.931. The van der Waals surface area contributed by atoms with Crippen LogP contribution in [0.4, 0.5) is 5.69 Å². The molecule has 0 radical (unpaired) electrons. The molecule has 2 aromatic carbocycles. The molecule has 3 heteroatoms. The molecular formula is C13H12ClNS. The molecule has 0 aromatic heterocycles. The number of hydrogen-bond acceptors (Lipinski definition) is 2. The second-order valence-corrected chi connectivity index (χ2v) is 4.97. The molecule has 2 aromatic rings. The van der Waals surface area contributed by atoms with Crippen molar-refractivity contribution < 1.29 is 0 Å². The summed E-state index contributed by atoms with van der Waals surface area (Å²) in [6.45, 7) is 0. The molecule has 0 saturated heterocycles. The number of nitrogen functional groups attached to an aromatic ring is 1. The normalized spacial score (nSPS) is 10.3. The Morgan fingerprint density at radius 1 is 1.06 bits per heavy atom. The van der Waals surface area contributed by atoms with Crippen LogP contribution >= 0.6 is 23.4 Å². The maximum absolute atomic E-state index is 5.83. The number of anilines is 1. The minimum absolute atomic E-state index is 0.776. The van der Waals surface area contributed by atoms with Gasteiger partial charge in [-0.2, -0.15) is 0 Å². The third-order valence-electron chi connectivity index (χ3n) is 2.18. The van der Waals surface area contributed by atoms with Crippen molar-refractivity contribution in [3.8, 4) is 0 Å². The molecule has 0 aliphatic carbocycles. The molecule has 0 spiro atoms. The lowest BCUT2D eigenvalue weighted by molar-refractivity contribution is 1.38. The van der Waals surface area contributed by atoms with Gasteiger partial charge in [-0.15, -0.1) is 11.8 Å². The molecule has 1 nitrogen and oxygen atoms in total. The molecule has 0 heterocycles. The van der Waals surface area contributed by atoms with E-state index in [1.165, 1.54) is 10.5 Å². The second-order valence-electron chi connectivity index (χ2n) is 3.49. The lowest BCUT2D eigenvalue weighted by Gasteiger charge is -2.03. The smallest absolute Gasteiger partial charge is 0.0406 e. The van der Waals surface area contributed by atoms with Crippen LogP contribution < -0.4 is 5.73 Å². The van der Waals surface area contributed by atoms with Gasteiger partial charge < -0.3 is 5.73 Å². The van der Waals surface area contributed by atoms with E-state index in [2.05, 4.69) is 6.07 Å². The molecule has 0 aliphatic heterocycles. The standard InChI is InChI=1S/C13H12ClNS/c14-11-6-4-10(5-7-11)9-16-13-3-1-2-12(15)8-13/h1-8H,9,15H2. The first-order chi connectivity index (χ1) is 7.74. The Kier molecular flexibility index (Phi) is 3.75. The zero-order chi connectivity index (χ0) is 11.4. The van der Waals surface area contributed by atoms with Crippen molar-refractivity contribution in [1.82, 2.24) is 0 Å². The van der Waals surface area contributed by atoms with E-state index in [-0.39, 0.29) is 0 Å². The molecular weight excluding hydrogens is 238 g/mol. The van der Waals surface area contributed by atoms with Crippen LogP contribution in [-0.4, -0.2) is 0 Å². The molecule has 0 atom stereocenters. The van der Waals surface area contributed by atoms with Crippen molar-refractivity contribution in [2.45, 2.75) is 10.6 Å². The summed E-state index contributed by atoms with van der Waals surface area (Å²) in [5.41, 5.74) is 7.78. The fraction of sp³-hybridized carbons (Fsp3) is 0.0769. The zero-order valence-electron chi connectivity index (χ0n) is 8.69. The van der Waals surface area contributed by atoms with Gasteiger partial charge in [0, 0.05) is 21.4 Å². The lowest BCUT2D eigenvalue weighted by Crippen LogP contribution is -1.84. The van der Waals surface area contributed by atoms with Crippen LogP contribution in [-0.2, 0) is 5.75 Å². The van der Waals surface area contributed by atoms with Crippen LogP contribution in [0.5, 0.6) is 0 Å². The number of hydrogen-bond donors (Lipinski definition) is 1. The van der Waals surface area contributed by atoms with Gasteiger partial charge in [-0.25, -0.2) is 0 Å². The predicted molar refractivity (Wildman–Crippen MR) is 71.9 cm³/mol. The molecule has 16 heavy (non-hydrogen) atoms. The van der Waals surface area contributed by atoms with E-state index in [0.29, 0.717) is 0 Å². The monoisotopic (exact) mass is 249 g/mol. The highest BCUT2D eigenvalue weighted by molar-refractivity contribution is 7.98. The summed E-state index contributed by atoms with van der Waals surface area (Å²) in [7, 11) is 0. The average Bonchev–Trinajstić information content (AvgIpc) is 2.28. The van der Waals surface area contributed by atoms with Gasteiger partial charge in [0.1, 0.15) is 0 Å². The topological polar surface area (TPSA) is 26.0 Å². The van der Waals surface area contributed by atoms with Crippen molar-refractivity contribution >= 4 is 29.1 Å². The van der Waals surface area contributed by atoms with Crippen LogP contribution in [0.25, 0.3) is 0 Å². The maximum Gasteiger partial charge on any atom is 0.0406 e. The van der Waals surface area contributed by atoms with Crippen LogP contribution in [0.1, 0.15) is 5.56 Å². The SMILES string of the molecule is Nc1cccc(SCc2ccc(Cl)cc2)c1. The van der Waals surface area contributed by atoms with Crippen molar-refractivity contribution in [2.24, 2.45) is 0 Å². The average molecular weight is 250 g/mol. The maximum atomic E-state index is 5.83. The number of rotatable bonds is 3. The molecule has 0 saturated carbocycles. The Bertz CT molecular complexity index is 468. The first-order valence-corrected chi connectivity index (χ1v) is 6.33. The van der Waals surface area contributed by atoms with Crippen LogP contribution in [0, 0.1) is 0 Å². The minimum Gasteiger partial charge on any atom is -0.399 e. The molecule has 0 fully saturated rings. The number of nitrogens with two attached hydrogens (primary N) is 1. The predicted octanol–water partition coefficient (Wildman–Crippen LogP) is 4.21. The Labute approximate surface area is 105 Å². The Morgan fingerprint density at radius 2 is 1.81 bits per heavy atom. The van der Waals surface area contributed by atoms with Crippen molar-refractivity contribution in [2.75, 3.05) is 5.73 Å². The number of thioether (sulfide) groups is 1. The van der Waals surface area contributed by atoms with Crippen LogP contribution in [0.15, 0.2) is 53.4 Å². The molecule has 2 N–H and O–H groups in total. The van der Waals surface area contributed by atoms with Gasteiger partial charge >= 0.3 is 0 Å². The lowest BCUT2D eigenvalue weighted by atomic mass is 10.2. The Morgan fingerprint density at radius 3 is 2.50 bits per heavy atom. The van der Waals surface area contributed by atoms with Gasteiger partial charge in [0.2, 0.25) is 0 Å². The second kappa shape index (κ2) is 5.28. The molecule has 0 bridgehead atoms. The van der Waals surface area contributed by atoms with E-state index in [1.54, 1.807) is 11.8 Å². The van der Waals surface area contributed by atoms with E-state index >= 15 is 0 Å². The highest BCUT2D eigenvalue weighted by Crippen LogP contribution is 2.24. The van der Waals surface area contributed by atoms with E-state index in [0.717, 1.165) is 16.5 Å². The van der Waals surface area contributed by atoms with Gasteiger partial charge in [0.15, 0.2) is 0 Å². The van der Waals surface area contributed by atoms with Crippen molar-refractivity contribution in [3.63, 3.8) is 0 Å². The van der Waals surface area contributed by atoms with Gasteiger partial charge in [-0.1, -0.05) is 29.8 Å². The quantitative estimate of drug-likeness (QED) is 0.651. The Hall–Kier alpha value is -1.12. The Balaban J connectivity index is 1.99. The molecule has 82 valence electrons. The number of benzene rings is 2. The van der Waals surface area contributed by atoms with Crippen LogP contribution in [0.2, 0.25) is 5.02 Å². The highest BCUT2D eigenvalue weighted by Gasteiger charge is 1.97. The molecule has 0 amide bonds. The fourth-order valence-corrected chi connectivity index (χ4v) is 2.40. The first kappa shape index (κ1) is 11.4. The van der Waals surface area contributed by atoms with E-state index in [1.807, 2.05) is 42.5 Å². The summed E-state index contributed by atoms with van der Waals surface area (Å²) in [6.07, 6.45) is 0. The minimum atomic E-state index is 0.776. The van der Waals surface area contributed by atoms with Gasteiger partial charge in [0.05, 0.1) is 0 Å². The van der Waals surface area contributed by atoms with Crippen molar-refractivity contribution in [1.29, 1.82) is 0 Å².